The second-order valence-electron chi connectivity index (χ2n) is 11.0. The summed E-state index contributed by atoms with van der Waals surface area (Å²) in [5.41, 5.74) is 4.55. The smallest absolute Gasteiger partial charge is 0.231 e. The summed E-state index contributed by atoms with van der Waals surface area (Å²) in [6, 6.07) is 13.6. The molecule has 222 valence electrons. The molecule has 4 heterocycles. The van der Waals surface area contributed by atoms with Gasteiger partial charge in [0.2, 0.25) is 18.6 Å². The summed E-state index contributed by atoms with van der Waals surface area (Å²) in [4.78, 5) is 43.6. The number of carbonyl (C=O) groups excluding carboxylic acids is 2. The Hall–Kier alpha value is -4.93. The fourth-order valence-electron chi connectivity index (χ4n) is 5.52. The number of carbonyl (C=O) groups is 2. The monoisotopic (exact) mass is 581 g/mol. The van der Waals surface area contributed by atoms with Crippen molar-refractivity contribution in [2.45, 2.75) is 39.2 Å². The van der Waals surface area contributed by atoms with Crippen LogP contribution in [0.5, 0.6) is 11.5 Å². The largest absolute Gasteiger partial charge is 0.454 e. The van der Waals surface area contributed by atoms with Crippen LogP contribution >= 0.6 is 0 Å². The molecule has 6 rings (SSSR count). The topological polar surface area (TPSA) is 115 Å². The van der Waals surface area contributed by atoms with Gasteiger partial charge in [-0.2, -0.15) is 0 Å². The molecule has 0 saturated carbocycles. The molecule has 11 heteroatoms. The number of hydrogen-bond donors (Lipinski definition) is 1. The Morgan fingerprint density at radius 3 is 2.63 bits per heavy atom. The summed E-state index contributed by atoms with van der Waals surface area (Å²) >= 11 is 0. The third kappa shape index (κ3) is 6.61. The molecular weight excluding hydrogens is 546 g/mol. The first-order chi connectivity index (χ1) is 20.9. The zero-order chi connectivity index (χ0) is 29.8. The number of nitrogens with zero attached hydrogens (tertiary/aromatic N) is 6. The summed E-state index contributed by atoms with van der Waals surface area (Å²) in [5.74, 6) is 2.67. The van der Waals surface area contributed by atoms with Crippen LogP contribution in [0.2, 0.25) is 0 Å². The minimum atomic E-state index is -0.262. The standard InChI is InChI=1S/C32H35N7O4/c1-22-3-4-24(13-23(22)2)7-8-34-31(40)16-26-18-37(32(41)15-25-5-6-27-28(14-25)43-21-42-27)11-12-39(26)30-17-29(35-19-36-30)38-10-9-33-20-38/h3-6,9-10,13-14,17,19-20,26H,7-8,11-12,15-16,18,21H2,1-2H3,(H,34,40). The lowest BCUT2D eigenvalue weighted by Crippen LogP contribution is -2.56. The van der Waals surface area contributed by atoms with Crippen LogP contribution in [0.15, 0.2) is 67.5 Å². The Bertz CT molecular complexity index is 1610. The highest BCUT2D eigenvalue weighted by molar-refractivity contribution is 5.80. The van der Waals surface area contributed by atoms with Crippen LogP contribution in [0.4, 0.5) is 5.82 Å². The molecule has 1 fully saturated rings. The first-order valence-corrected chi connectivity index (χ1v) is 14.5. The molecule has 0 spiro atoms. The number of benzene rings is 2. The Balaban J connectivity index is 1.15. The molecule has 43 heavy (non-hydrogen) atoms. The molecule has 0 radical (unpaired) electrons. The third-order valence-electron chi connectivity index (χ3n) is 8.06. The number of fused-ring (bicyclic) bond motifs is 1. The van der Waals surface area contributed by atoms with Gasteiger partial charge in [-0.25, -0.2) is 15.0 Å². The lowest BCUT2D eigenvalue weighted by molar-refractivity contribution is -0.132. The fraction of sp³-hybridized carbons (Fsp3) is 0.344. The third-order valence-corrected chi connectivity index (χ3v) is 8.06. The molecular formula is C32H35N7O4. The highest BCUT2D eigenvalue weighted by atomic mass is 16.7. The van der Waals surface area contributed by atoms with Crippen LogP contribution in [0, 0.1) is 13.8 Å². The van der Waals surface area contributed by atoms with E-state index in [1.54, 1.807) is 12.5 Å². The molecule has 1 N–H and O–H groups in total. The van der Waals surface area contributed by atoms with Gasteiger partial charge in [-0.05, 0) is 54.7 Å². The summed E-state index contributed by atoms with van der Waals surface area (Å²) in [7, 11) is 0. The molecule has 11 nitrogen and oxygen atoms in total. The van der Waals surface area contributed by atoms with Crippen molar-refractivity contribution < 1.29 is 19.1 Å². The average molecular weight is 582 g/mol. The lowest BCUT2D eigenvalue weighted by atomic mass is 10.0. The van der Waals surface area contributed by atoms with E-state index in [1.807, 2.05) is 39.9 Å². The average Bonchev–Trinajstić information content (AvgIpc) is 3.72. The van der Waals surface area contributed by atoms with E-state index in [2.05, 4.69) is 57.2 Å². The summed E-state index contributed by atoms with van der Waals surface area (Å²) in [6.07, 6.45) is 7.93. The van der Waals surface area contributed by atoms with Gasteiger partial charge in [0.25, 0.3) is 0 Å². The van der Waals surface area contributed by atoms with Gasteiger partial charge in [-0.1, -0.05) is 24.3 Å². The van der Waals surface area contributed by atoms with Gasteiger partial charge in [0, 0.05) is 51.1 Å². The van der Waals surface area contributed by atoms with E-state index < -0.39 is 0 Å². The second kappa shape index (κ2) is 12.5. The maximum Gasteiger partial charge on any atom is 0.231 e. The highest BCUT2D eigenvalue weighted by Crippen LogP contribution is 2.33. The summed E-state index contributed by atoms with van der Waals surface area (Å²) < 4.78 is 12.7. The zero-order valence-corrected chi connectivity index (χ0v) is 24.4. The van der Waals surface area contributed by atoms with Gasteiger partial charge in [0.05, 0.1) is 12.5 Å². The minimum Gasteiger partial charge on any atom is -0.454 e. The molecule has 2 aliphatic rings. The van der Waals surface area contributed by atoms with Gasteiger partial charge < -0.3 is 24.6 Å². The number of aromatic nitrogens is 4. The Morgan fingerprint density at radius 1 is 0.953 bits per heavy atom. The number of rotatable bonds is 9. The quantitative estimate of drug-likeness (QED) is 0.321. The van der Waals surface area contributed by atoms with Gasteiger partial charge in [-0.15, -0.1) is 0 Å². The van der Waals surface area contributed by atoms with Crippen molar-refractivity contribution in [3.05, 3.63) is 89.8 Å². The number of ether oxygens (including phenoxy) is 2. The predicted molar refractivity (Wildman–Crippen MR) is 160 cm³/mol. The number of imidazole rings is 1. The van der Waals surface area contributed by atoms with E-state index in [0.717, 1.165) is 12.0 Å². The SMILES string of the molecule is Cc1ccc(CCNC(=O)CC2CN(C(=O)Cc3ccc4c(c3)OCO4)CCN2c2cc(-n3ccnc3)ncn2)cc1C. The van der Waals surface area contributed by atoms with Crippen LogP contribution in [-0.2, 0) is 22.4 Å². The molecule has 2 aromatic heterocycles. The summed E-state index contributed by atoms with van der Waals surface area (Å²) in [6.45, 7) is 6.37. The summed E-state index contributed by atoms with van der Waals surface area (Å²) in [5, 5.41) is 3.09. The van der Waals surface area contributed by atoms with Crippen molar-refractivity contribution in [3.8, 4) is 17.3 Å². The molecule has 0 aliphatic carbocycles. The first kappa shape index (κ1) is 28.2. The molecule has 1 atom stereocenters. The van der Waals surface area contributed by atoms with Crippen molar-refractivity contribution in [3.63, 3.8) is 0 Å². The Labute approximate surface area is 250 Å². The van der Waals surface area contributed by atoms with Crippen LogP contribution in [0.25, 0.3) is 5.82 Å². The van der Waals surface area contributed by atoms with Gasteiger partial charge in [-0.3, -0.25) is 14.2 Å². The van der Waals surface area contributed by atoms with Crippen LogP contribution < -0.4 is 19.7 Å². The maximum atomic E-state index is 13.4. The molecule has 1 saturated heterocycles. The van der Waals surface area contributed by atoms with Crippen molar-refractivity contribution in [2.24, 2.45) is 0 Å². The second-order valence-corrected chi connectivity index (χ2v) is 11.0. The van der Waals surface area contributed by atoms with E-state index in [1.165, 1.54) is 23.0 Å². The number of piperazine rings is 1. The van der Waals surface area contributed by atoms with Crippen LogP contribution in [-0.4, -0.2) is 75.2 Å². The van der Waals surface area contributed by atoms with Crippen molar-refractivity contribution in [2.75, 3.05) is 37.9 Å². The molecule has 2 aliphatic heterocycles. The van der Waals surface area contributed by atoms with E-state index in [0.29, 0.717) is 49.3 Å². The number of hydrogen-bond acceptors (Lipinski definition) is 8. The van der Waals surface area contributed by atoms with Crippen molar-refractivity contribution >= 4 is 17.6 Å². The lowest BCUT2D eigenvalue weighted by Gasteiger charge is -2.42. The Morgan fingerprint density at radius 2 is 1.79 bits per heavy atom. The van der Waals surface area contributed by atoms with Gasteiger partial charge >= 0.3 is 0 Å². The van der Waals surface area contributed by atoms with Crippen LogP contribution in [0.3, 0.4) is 0 Å². The minimum absolute atomic E-state index is 0.000423. The van der Waals surface area contributed by atoms with E-state index in [-0.39, 0.29) is 37.5 Å². The van der Waals surface area contributed by atoms with E-state index in [9.17, 15) is 9.59 Å². The van der Waals surface area contributed by atoms with Crippen molar-refractivity contribution in [1.29, 1.82) is 0 Å². The Kier molecular flexibility index (Phi) is 8.21. The van der Waals surface area contributed by atoms with Gasteiger partial charge in [0.15, 0.2) is 11.5 Å². The first-order valence-electron chi connectivity index (χ1n) is 14.5. The number of nitrogens with one attached hydrogen (secondary N) is 1. The van der Waals surface area contributed by atoms with E-state index >= 15 is 0 Å². The highest BCUT2D eigenvalue weighted by Gasteiger charge is 2.32. The van der Waals surface area contributed by atoms with Crippen LogP contribution in [0.1, 0.15) is 28.7 Å². The van der Waals surface area contributed by atoms with E-state index in [4.69, 9.17) is 9.47 Å². The van der Waals surface area contributed by atoms with Gasteiger partial charge in [0.1, 0.15) is 24.3 Å². The number of amides is 2. The zero-order valence-electron chi connectivity index (χ0n) is 24.4. The molecule has 2 amide bonds. The number of aryl methyl sites for hydroxylation is 2. The normalized spacial score (nSPS) is 15.9. The maximum absolute atomic E-state index is 13.4. The molecule has 0 bridgehead atoms. The molecule has 1 unspecified atom stereocenters. The number of anilines is 1. The fourth-order valence-corrected chi connectivity index (χ4v) is 5.52. The molecule has 2 aromatic carbocycles. The molecule has 4 aromatic rings. The predicted octanol–water partition coefficient (Wildman–Crippen LogP) is 3.02. The van der Waals surface area contributed by atoms with Crippen molar-refractivity contribution in [1.82, 2.24) is 29.7 Å².